The minimum absolute atomic E-state index is 0.127. The Labute approximate surface area is 132 Å². The van der Waals surface area contributed by atoms with Gasteiger partial charge in [0, 0.05) is 32.7 Å². The standard InChI is InChI=1S/C14H24N2O3S2/c1-13(2,3)21(19)9-7-15-12(17)16-10-14(4,18)11-6-5-8-20-11/h5-6,8,18H,7,9-10H2,1-4H3,(H2,15,16,17). The smallest absolute Gasteiger partial charge is 0.314 e. The van der Waals surface area contributed by atoms with Gasteiger partial charge < -0.3 is 15.7 Å². The zero-order valence-corrected chi connectivity index (χ0v) is 14.6. The molecule has 0 radical (unpaired) electrons. The van der Waals surface area contributed by atoms with Crippen molar-refractivity contribution >= 4 is 28.2 Å². The summed E-state index contributed by atoms with van der Waals surface area (Å²) in [5.74, 6) is 0.415. The molecule has 0 aromatic carbocycles. The quantitative estimate of drug-likeness (QED) is 0.743. The third-order valence-electron chi connectivity index (χ3n) is 2.90. The van der Waals surface area contributed by atoms with Crippen molar-refractivity contribution in [3.63, 3.8) is 0 Å². The summed E-state index contributed by atoms with van der Waals surface area (Å²) < 4.78 is 11.5. The van der Waals surface area contributed by atoms with E-state index in [2.05, 4.69) is 10.6 Å². The molecule has 1 aromatic heterocycles. The molecular formula is C14H24N2O3S2. The van der Waals surface area contributed by atoms with E-state index in [0.717, 1.165) is 4.88 Å². The average molecular weight is 332 g/mol. The SMILES string of the molecule is CC(O)(CNC(=O)NCCS(=O)C(C)(C)C)c1cccs1. The lowest BCUT2D eigenvalue weighted by atomic mass is 10.1. The van der Waals surface area contributed by atoms with Gasteiger partial charge in [-0.1, -0.05) is 6.07 Å². The second-order valence-electron chi connectivity index (χ2n) is 6.02. The average Bonchev–Trinajstić information content (AvgIpc) is 2.89. The van der Waals surface area contributed by atoms with Gasteiger partial charge in [0.2, 0.25) is 0 Å². The third-order valence-corrected chi connectivity index (χ3v) is 5.97. The summed E-state index contributed by atoms with van der Waals surface area (Å²) in [4.78, 5) is 12.5. The van der Waals surface area contributed by atoms with E-state index in [4.69, 9.17) is 0 Å². The van der Waals surface area contributed by atoms with Crippen LogP contribution in [0.15, 0.2) is 17.5 Å². The Bertz CT molecular complexity index is 479. The molecule has 0 saturated carbocycles. The highest BCUT2D eigenvalue weighted by Crippen LogP contribution is 2.24. The Morgan fingerprint density at radius 3 is 2.52 bits per heavy atom. The first-order valence-corrected chi connectivity index (χ1v) is 8.99. The van der Waals surface area contributed by atoms with Crippen molar-refractivity contribution in [2.45, 2.75) is 38.0 Å². The molecule has 3 N–H and O–H groups in total. The molecule has 21 heavy (non-hydrogen) atoms. The molecule has 1 heterocycles. The molecule has 0 bridgehead atoms. The predicted octanol–water partition coefficient (Wildman–Crippen LogP) is 1.80. The fourth-order valence-electron chi connectivity index (χ4n) is 1.55. The molecule has 1 rings (SSSR count). The van der Waals surface area contributed by atoms with Crippen LogP contribution in [0.1, 0.15) is 32.6 Å². The Hall–Kier alpha value is -0.920. The number of rotatable bonds is 6. The summed E-state index contributed by atoms with van der Waals surface area (Å²) in [5.41, 5.74) is -1.08. The van der Waals surface area contributed by atoms with Crippen LogP contribution in [-0.2, 0) is 16.4 Å². The highest BCUT2D eigenvalue weighted by Gasteiger charge is 2.25. The molecule has 2 atom stereocenters. The summed E-state index contributed by atoms with van der Waals surface area (Å²) in [6.07, 6.45) is 0. The van der Waals surface area contributed by atoms with Crippen LogP contribution < -0.4 is 10.6 Å². The van der Waals surface area contributed by atoms with E-state index in [1.807, 2.05) is 38.3 Å². The zero-order chi connectivity index (χ0) is 16.1. The van der Waals surface area contributed by atoms with Gasteiger partial charge >= 0.3 is 6.03 Å². The van der Waals surface area contributed by atoms with Crippen LogP contribution >= 0.6 is 11.3 Å². The van der Waals surface area contributed by atoms with Gasteiger partial charge in [0.15, 0.2) is 0 Å². The third kappa shape index (κ3) is 6.15. The summed E-state index contributed by atoms with van der Waals surface area (Å²) in [6, 6.07) is 3.32. The Morgan fingerprint density at radius 1 is 1.33 bits per heavy atom. The predicted molar refractivity (Wildman–Crippen MR) is 88.1 cm³/mol. The monoisotopic (exact) mass is 332 g/mol. The number of amides is 2. The van der Waals surface area contributed by atoms with Crippen LogP contribution in [0.3, 0.4) is 0 Å². The second-order valence-corrected chi connectivity index (χ2v) is 9.29. The lowest BCUT2D eigenvalue weighted by Gasteiger charge is -2.22. The fraction of sp³-hybridized carbons (Fsp3) is 0.643. The molecule has 2 amide bonds. The van der Waals surface area contributed by atoms with Crippen LogP contribution in [0.4, 0.5) is 4.79 Å². The Morgan fingerprint density at radius 2 is 2.00 bits per heavy atom. The molecule has 0 fully saturated rings. The first kappa shape index (κ1) is 18.1. The summed E-state index contributed by atoms with van der Waals surface area (Å²) in [5, 5.41) is 17.4. The minimum Gasteiger partial charge on any atom is -0.383 e. The summed E-state index contributed by atoms with van der Waals surface area (Å²) in [6.45, 7) is 7.84. The van der Waals surface area contributed by atoms with Crippen molar-refractivity contribution in [3.05, 3.63) is 22.4 Å². The molecular weight excluding hydrogens is 308 g/mol. The van der Waals surface area contributed by atoms with E-state index in [1.54, 1.807) is 6.92 Å². The number of hydrogen-bond donors (Lipinski definition) is 3. The van der Waals surface area contributed by atoms with Crippen molar-refractivity contribution in [1.82, 2.24) is 10.6 Å². The molecule has 0 saturated heterocycles. The number of carbonyl (C=O) groups is 1. The van der Waals surface area contributed by atoms with Gasteiger partial charge in [0.1, 0.15) is 5.60 Å². The summed E-state index contributed by atoms with van der Waals surface area (Å²) >= 11 is 1.44. The van der Waals surface area contributed by atoms with Crippen molar-refractivity contribution in [1.29, 1.82) is 0 Å². The van der Waals surface area contributed by atoms with Crippen LogP contribution in [0.25, 0.3) is 0 Å². The number of hydrogen-bond acceptors (Lipinski definition) is 4. The van der Waals surface area contributed by atoms with E-state index in [1.165, 1.54) is 11.3 Å². The van der Waals surface area contributed by atoms with E-state index in [0.29, 0.717) is 12.3 Å². The molecule has 0 aliphatic rings. The van der Waals surface area contributed by atoms with Gasteiger partial charge in [-0.2, -0.15) is 0 Å². The van der Waals surface area contributed by atoms with Gasteiger partial charge in [0.05, 0.1) is 6.54 Å². The van der Waals surface area contributed by atoms with Crippen molar-refractivity contribution in [2.75, 3.05) is 18.8 Å². The first-order chi connectivity index (χ1) is 9.63. The second kappa shape index (κ2) is 7.38. The van der Waals surface area contributed by atoms with Crippen LogP contribution in [0, 0.1) is 0 Å². The molecule has 2 unspecified atom stereocenters. The number of nitrogens with one attached hydrogen (secondary N) is 2. The van der Waals surface area contributed by atoms with Crippen molar-refractivity contribution in [2.24, 2.45) is 0 Å². The van der Waals surface area contributed by atoms with Crippen molar-refractivity contribution in [3.8, 4) is 0 Å². The molecule has 5 nitrogen and oxygen atoms in total. The zero-order valence-electron chi connectivity index (χ0n) is 12.9. The molecule has 120 valence electrons. The largest absolute Gasteiger partial charge is 0.383 e. The van der Waals surface area contributed by atoms with E-state index < -0.39 is 16.4 Å². The topological polar surface area (TPSA) is 78.4 Å². The van der Waals surface area contributed by atoms with Gasteiger partial charge in [-0.25, -0.2) is 4.79 Å². The van der Waals surface area contributed by atoms with Crippen molar-refractivity contribution < 1.29 is 14.1 Å². The lowest BCUT2D eigenvalue weighted by Crippen LogP contribution is -2.44. The first-order valence-electron chi connectivity index (χ1n) is 6.79. The van der Waals surface area contributed by atoms with Gasteiger partial charge in [-0.05, 0) is 39.1 Å². The Kier molecular flexibility index (Phi) is 6.37. The number of aliphatic hydroxyl groups is 1. The fourth-order valence-corrected chi connectivity index (χ4v) is 3.24. The molecule has 0 spiro atoms. The number of thiophene rings is 1. The molecule has 0 aliphatic heterocycles. The molecule has 7 heteroatoms. The normalized spacial score (nSPS) is 16.0. The minimum atomic E-state index is -1.08. The maximum atomic E-state index is 11.8. The highest BCUT2D eigenvalue weighted by molar-refractivity contribution is 7.86. The highest BCUT2D eigenvalue weighted by atomic mass is 32.2. The maximum Gasteiger partial charge on any atom is 0.314 e. The van der Waals surface area contributed by atoms with E-state index >= 15 is 0 Å². The number of carbonyl (C=O) groups excluding carboxylic acids is 1. The van der Waals surface area contributed by atoms with Gasteiger partial charge in [-0.3, -0.25) is 4.21 Å². The lowest BCUT2D eigenvalue weighted by molar-refractivity contribution is 0.0632. The van der Waals surface area contributed by atoms with Gasteiger partial charge in [-0.15, -0.1) is 11.3 Å². The van der Waals surface area contributed by atoms with Gasteiger partial charge in [0.25, 0.3) is 0 Å². The molecule has 1 aromatic rings. The van der Waals surface area contributed by atoms with E-state index in [9.17, 15) is 14.1 Å². The molecule has 0 aliphatic carbocycles. The van der Waals surface area contributed by atoms with Crippen LogP contribution in [0.5, 0.6) is 0 Å². The van der Waals surface area contributed by atoms with Crippen LogP contribution in [0.2, 0.25) is 0 Å². The maximum absolute atomic E-state index is 11.8. The Balaban J connectivity index is 2.30. The van der Waals surface area contributed by atoms with Crippen LogP contribution in [-0.4, -0.2) is 38.9 Å². The summed E-state index contributed by atoms with van der Waals surface area (Å²) in [7, 11) is -0.989. The number of urea groups is 1. The van der Waals surface area contributed by atoms with E-state index in [-0.39, 0.29) is 17.3 Å².